The van der Waals surface area contributed by atoms with Gasteiger partial charge in [-0.25, -0.2) is 4.39 Å². The molecule has 1 aliphatic rings. The molecule has 1 saturated heterocycles. The number of hydrogen-bond acceptors (Lipinski definition) is 5. The molecule has 2 aromatic carbocycles. The second-order valence-corrected chi connectivity index (χ2v) is 10.3. The minimum Gasteiger partial charge on any atom is -0.379 e. The van der Waals surface area contributed by atoms with Crippen LogP contribution in [-0.4, -0.2) is 37.0 Å². The number of nitrogens with one attached hydrogen (secondary N) is 1. The first-order valence-corrected chi connectivity index (χ1v) is 13.4. The maximum Gasteiger partial charge on any atom is 0.316 e. The van der Waals surface area contributed by atoms with Gasteiger partial charge in [-0.05, 0) is 60.9 Å². The van der Waals surface area contributed by atoms with Crippen molar-refractivity contribution < 1.29 is 23.1 Å². The fourth-order valence-corrected chi connectivity index (χ4v) is 5.40. The van der Waals surface area contributed by atoms with Gasteiger partial charge in [0.25, 0.3) is 0 Å². The molecular formula is C23H30ClFNO4PS. The molecule has 0 amide bonds. The number of hydrogen-bond donors (Lipinski definition) is 2. The zero-order valence-corrected chi connectivity index (χ0v) is 20.5. The Bertz CT molecular complexity index is 900. The van der Waals surface area contributed by atoms with Crippen LogP contribution in [0.25, 0.3) is 0 Å². The van der Waals surface area contributed by atoms with Gasteiger partial charge in [0.05, 0.1) is 24.8 Å². The highest BCUT2D eigenvalue weighted by Gasteiger charge is 2.41. The van der Waals surface area contributed by atoms with Gasteiger partial charge >= 0.3 is 8.25 Å². The summed E-state index contributed by atoms with van der Waals surface area (Å²) >= 11 is 8.20. The average molecular weight is 502 g/mol. The molecule has 3 rings (SSSR count). The van der Waals surface area contributed by atoms with Gasteiger partial charge in [-0.3, -0.25) is 4.57 Å². The molecule has 0 saturated carbocycles. The summed E-state index contributed by atoms with van der Waals surface area (Å²) in [6, 6.07) is 13.1. The molecule has 9 heteroatoms. The molecule has 1 fully saturated rings. The van der Waals surface area contributed by atoms with Gasteiger partial charge in [-0.1, -0.05) is 42.3 Å². The van der Waals surface area contributed by atoms with Crippen molar-refractivity contribution in [1.82, 2.24) is 5.32 Å². The van der Waals surface area contributed by atoms with Crippen molar-refractivity contribution in [3.8, 4) is 0 Å². The molecule has 2 aromatic rings. The van der Waals surface area contributed by atoms with E-state index in [4.69, 9.17) is 21.2 Å². The Hall–Kier alpha value is -0.920. The van der Waals surface area contributed by atoms with E-state index in [0.29, 0.717) is 32.7 Å². The Balaban J connectivity index is 1.36. The predicted molar refractivity (Wildman–Crippen MR) is 128 cm³/mol. The quantitative estimate of drug-likeness (QED) is 0.200. The Labute approximate surface area is 199 Å². The van der Waals surface area contributed by atoms with Crippen molar-refractivity contribution in [3.63, 3.8) is 0 Å². The molecule has 176 valence electrons. The lowest BCUT2D eigenvalue weighted by molar-refractivity contribution is -0.0668. The van der Waals surface area contributed by atoms with Crippen molar-refractivity contribution in [3.05, 3.63) is 64.4 Å². The largest absolute Gasteiger partial charge is 0.379 e. The standard InChI is InChI=1S/C23H30ClFNO4PS/c24-20-14-18(15-26-11-5-12-30-31(27)28)8-9-22(20)32-13-4-3-10-23(16-29-17-23)19-6-1-2-7-21(19)25/h1-2,6-9,14,26,31H,3-5,10-13,15-17H2,(H,27,28). The van der Waals surface area contributed by atoms with Crippen molar-refractivity contribution in [1.29, 1.82) is 0 Å². The van der Waals surface area contributed by atoms with E-state index >= 15 is 0 Å². The maximum absolute atomic E-state index is 14.2. The summed E-state index contributed by atoms with van der Waals surface area (Å²) in [4.78, 5) is 9.67. The SMILES string of the molecule is O=[PH](O)OCCCNCc1ccc(SCCCCC2(c3ccccc3F)COC2)c(Cl)c1. The van der Waals surface area contributed by atoms with Crippen LogP contribution in [0.15, 0.2) is 47.4 Å². The van der Waals surface area contributed by atoms with Gasteiger partial charge < -0.3 is 19.5 Å². The smallest absolute Gasteiger partial charge is 0.316 e. The molecule has 5 nitrogen and oxygen atoms in total. The zero-order valence-electron chi connectivity index (χ0n) is 17.9. The predicted octanol–water partition coefficient (Wildman–Crippen LogP) is 5.59. The summed E-state index contributed by atoms with van der Waals surface area (Å²) < 4.78 is 34.8. The Morgan fingerprint density at radius 2 is 2.03 bits per heavy atom. The van der Waals surface area contributed by atoms with Crippen LogP contribution in [0, 0.1) is 5.82 Å². The van der Waals surface area contributed by atoms with E-state index in [-0.39, 0.29) is 17.8 Å². The maximum atomic E-state index is 14.2. The molecule has 0 bridgehead atoms. The molecule has 2 N–H and O–H groups in total. The molecule has 0 aliphatic carbocycles. The topological polar surface area (TPSA) is 67.8 Å². The van der Waals surface area contributed by atoms with Crippen molar-refractivity contribution in [2.75, 3.05) is 32.1 Å². The van der Waals surface area contributed by atoms with Crippen LogP contribution in [0.4, 0.5) is 4.39 Å². The molecular weight excluding hydrogens is 472 g/mol. The summed E-state index contributed by atoms with van der Waals surface area (Å²) in [6.45, 7) is 2.84. The van der Waals surface area contributed by atoms with Gasteiger partial charge in [-0.2, -0.15) is 0 Å². The van der Waals surface area contributed by atoms with Crippen LogP contribution in [0.3, 0.4) is 0 Å². The fourth-order valence-electron chi connectivity index (χ4n) is 3.78. The van der Waals surface area contributed by atoms with Crippen LogP contribution in [0.1, 0.15) is 36.8 Å². The van der Waals surface area contributed by atoms with Crippen LogP contribution in [0.5, 0.6) is 0 Å². The minimum absolute atomic E-state index is 0.137. The van der Waals surface area contributed by atoms with E-state index in [0.717, 1.165) is 46.1 Å². The highest BCUT2D eigenvalue weighted by molar-refractivity contribution is 7.99. The van der Waals surface area contributed by atoms with E-state index in [1.807, 2.05) is 24.3 Å². The van der Waals surface area contributed by atoms with Gasteiger partial charge in [0.2, 0.25) is 0 Å². The molecule has 0 aromatic heterocycles. The average Bonchev–Trinajstić information content (AvgIpc) is 2.74. The van der Waals surface area contributed by atoms with Crippen molar-refractivity contribution >= 4 is 31.6 Å². The molecule has 0 radical (unpaired) electrons. The molecule has 0 spiro atoms. The van der Waals surface area contributed by atoms with E-state index in [1.54, 1.807) is 17.8 Å². The number of benzene rings is 2. The molecule has 1 atom stereocenters. The summed E-state index contributed by atoms with van der Waals surface area (Å²) in [5.74, 6) is 0.821. The second kappa shape index (κ2) is 13.1. The van der Waals surface area contributed by atoms with Crippen LogP contribution in [-0.2, 0) is 25.8 Å². The lowest BCUT2D eigenvalue weighted by Gasteiger charge is -2.42. The number of halogens is 2. The third-order valence-electron chi connectivity index (χ3n) is 5.56. The number of rotatable bonds is 14. The normalized spacial score (nSPS) is 16.0. The summed E-state index contributed by atoms with van der Waals surface area (Å²) in [5.41, 5.74) is 1.70. The van der Waals surface area contributed by atoms with Gasteiger partial charge in [0.1, 0.15) is 5.82 Å². The van der Waals surface area contributed by atoms with Gasteiger partial charge in [0, 0.05) is 16.9 Å². The Kier molecular flexibility index (Phi) is 10.5. The van der Waals surface area contributed by atoms with Crippen LogP contribution in [0.2, 0.25) is 5.02 Å². The first-order chi connectivity index (χ1) is 15.5. The van der Waals surface area contributed by atoms with Crippen molar-refractivity contribution in [2.24, 2.45) is 0 Å². The Morgan fingerprint density at radius 3 is 2.72 bits per heavy atom. The molecule has 32 heavy (non-hydrogen) atoms. The third-order valence-corrected chi connectivity index (χ3v) is 7.59. The zero-order chi connectivity index (χ0) is 22.8. The van der Waals surface area contributed by atoms with E-state index < -0.39 is 8.25 Å². The summed E-state index contributed by atoms with van der Waals surface area (Å²) in [5, 5.41) is 4.01. The molecule has 1 unspecified atom stereocenters. The Morgan fingerprint density at radius 1 is 1.22 bits per heavy atom. The number of unbranched alkanes of at least 4 members (excludes halogenated alkanes) is 1. The first-order valence-electron chi connectivity index (χ1n) is 10.8. The highest BCUT2D eigenvalue weighted by atomic mass is 35.5. The fraction of sp³-hybridized carbons (Fsp3) is 0.478. The van der Waals surface area contributed by atoms with E-state index in [1.165, 1.54) is 6.07 Å². The van der Waals surface area contributed by atoms with Gasteiger partial charge in [0.15, 0.2) is 0 Å². The second-order valence-electron chi connectivity index (χ2n) is 7.97. The van der Waals surface area contributed by atoms with Crippen LogP contribution >= 0.6 is 31.6 Å². The molecule has 1 heterocycles. The first kappa shape index (κ1) is 25.7. The van der Waals surface area contributed by atoms with E-state index in [2.05, 4.69) is 15.9 Å². The summed E-state index contributed by atoms with van der Waals surface area (Å²) in [7, 11) is -2.83. The monoisotopic (exact) mass is 501 g/mol. The number of ether oxygens (including phenoxy) is 1. The highest BCUT2D eigenvalue weighted by Crippen LogP contribution is 2.39. The minimum atomic E-state index is -2.83. The number of thioether (sulfide) groups is 1. The third kappa shape index (κ3) is 7.56. The molecule has 1 aliphatic heterocycles. The lowest BCUT2D eigenvalue weighted by Crippen LogP contribution is -2.47. The van der Waals surface area contributed by atoms with Crippen molar-refractivity contribution in [2.45, 2.75) is 42.5 Å². The lowest BCUT2D eigenvalue weighted by atomic mass is 9.74. The van der Waals surface area contributed by atoms with E-state index in [9.17, 15) is 8.96 Å². The van der Waals surface area contributed by atoms with Gasteiger partial charge in [-0.15, -0.1) is 11.8 Å². The van der Waals surface area contributed by atoms with Crippen LogP contribution < -0.4 is 5.32 Å². The summed E-state index contributed by atoms with van der Waals surface area (Å²) in [6.07, 6.45) is 3.64.